The number of anilines is 1. The van der Waals surface area contributed by atoms with Gasteiger partial charge in [0, 0.05) is 11.1 Å². The van der Waals surface area contributed by atoms with Crippen molar-refractivity contribution in [2.24, 2.45) is 0 Å². The molecule has 0 radical (unpaired) electrons. The van der Waals surface area contributed by atoms with E-state index in [1.165, 1.54) is 5.56 Å². The lowest BCUT2D eigenvalue weighted by Crippen LogP contribution is -2.12. The van der Waals surface area contributed by atoms with E-state index in [2.05, 4.69) is 19.2 Å². The summed E-state index contributed by atoms with van der Waals surface area (Å²) in [4.78, 5) is 12.6. The van der Waals surface area contributed by atoms with Crippen LogP contribution in [0.4, 0.5) is 5.69 Å². The number of nitrogens with one attached hydrogen (secondary N) is 1. The van der Waals surface area contributed by atoms with Crippen LogP contribution in [0, 0.1) is 0 Å². The molecule has 0 atom stereocenters. The van der Waals surface area contributed by atoms with E-state index in [9.17, 15) is 4.79 Å². The maximum absolute atomic E-state index is 12.6. The summed E-state index contributed by atoms with van der Waals surface area (Å²) in [7, 11) is 1.55. The lowest BCUT2D eigenvalue weighted by atomic mass is 10.0. The van der Waals surface area contributed by atoms with E-state index in [0.29, 0.717) is 34.4 Å². The molecule has 0 bridgehead atoms. The fourth-order valence-electron chi connectivity index (χ4n) is 2.79. The van der Waals surface area contributed by atoms with Gasteiger partial charge >= 0.3 is 0 Å². The van der Waals surface area contributed by atoms with Crippen LogP contribution in [0.1, 0.15) is 41.4 Å². The highest BCUT2D eigenvalue weighted by Crippen LogP contribution is 2.32. The predicted molar refractivity (Wildman–Crippen MR) is 105 cm³/mol. The second-order valence-electron chi connectivity index (χ2n) is 6.57. The quantitative estimate of drug-likeness (QED) is 0.657. The molecule has 0 aliphatic heterocycles. The largest absolute Gasteiger partial charge is 0.495 e. The average Bonchev–Trinajstić information content (AvgIpc) is 3.17. The van der Waals surface area contributed by atoms with Crippen LogP contribution in [0.15, 0.2) is 59.0 Å². The van der Waals surface area contributed by atoms with Crippen molar-refractivity contribution < 1.29 is 19.1 Å². The number of benzene rings is 2. The molecule has 1 heterocycles. The number of hydrogen-bond acceptors (Lipinski definition) is 4. The summed E-state index contributed by atoms with van der Waals surface area (Å²) in [6.07, 6.45) is 0. The highest BCUT2D eigenvalue weighted by atomic mass is 16.5. The van der Waals surface area contributed by atoms with Gasteiger partial charge in [0.25, 0.3) is 5.91 Å². The minimum Gasteiger partial charge on any atom is -0.495 e. The number of aliphatic hydroxyl groups is 1. The van der Waals surface area contributed by atoms with Gasteiger partial charge in [0.1, 0.15) is 23.9 Å². The number of ether oxygens (including phenoxy) is 1. The number of carbonyl (C=O) groups excluding carboxylic acids is 1. The molecule has 5 nitrogen and oxygen atoms in total. The Morgan fingerprint density at radius 2 is 1.85 bits per heavy atom. The van der Waals surface area contributed by atoms with Crippen LogP contribution in [0.3, 0.4) is 0 Å². The van der Waals surface area contributed by atoms with Gasteiger partial charge in [-0.15, -0.1) is 0 Å². The Bertz CT molecular complexity index is 926. The highest BCUT2D eigenvalue weighted by molar-refractivity contribution is 6.05. The van der Waals surface area contributed by atoms with E-state index in [-0.39, 0.29) is 12.5 Å². The van der Waals surface area contributed by atoms with Gasteiger partial charge < -0.3 is 19.6 Å². The zero-order valence-corrected chi connectivity index (χ0v) is 15.7. The van der Waals surface area contributed by atoms with Crippen LogP contribution >= 0.6 is 0 Å². The first-order chi connectivity index (χ1) is 13.0. The van der Waals surface area contributed by atoms with E-state index in [4.69, 9.17) is 14.3 Å². The van der Waals surface area contributed by atoms with Crippen molar-refractivity contribution >= 4 is 11.6 Å². The molecule has 2 aromatic carbocycles. The fraction of sp³-hybridized carbons (Fsp3) is 0.227. The molecule has 140 valence electrons. The average molecular weight is 365 g/mol. The minimum absolute atomic E-state index is 0.161. The Kier molecular flexibility index (Phi) is 5.62. The van der Waals surface area contributed by atoms with Gasteiger partial charge in [-0.05, 0) is 53.9 Å². The molecule has 2 N–H and O–H groups in total. The number of furan rings is 1. The Labute approximate surface area is 158 Å². The monoisotopic (exact) mass is 365 g/mol. The topological polar surface area (TPSA) is 71.7 Å². The van der Waals surface area contributed by atoms with Crippen molar-refractivity contribution in [1.29, 1.82) is 0 Å². The molecule has 3 rings (SSSR count). The summed E-state index contributed by atoms with van der Waals surface area (Å²) >= 11 is 0. The van der Waals surface area contributed by atoms with Gasteiger partial charge in [-0.3, -0.25) is 4.79 Å². The Balaban J connectivity index is 1.86. The van der Waals surface area contributed by atoms with Gasteiger partial charge in [-0.1, -0.05) is 26.0 Å². The van der Waals surface area contributed by atoms with Gasteiger partial charge in [-0.2, -0.15) is 0 Å². The van der Waals surface area contributed by atoms with E-state index < -0.39 is 0 Å². The zero-order chi connectivity index (χ0) is 19.4. The number of carbonyl (C=O) groups is 1. The Morgan fingerprint density at radius 3 is 2.44 bits per heavy atom. The van der Waals surface area contributed by atoms with E-state index in [1.807, 2.05) is 30.3 Å². The maximum atomic E-state index is 12.6. The molecule has 0 unspecified atom stereocenters. The molecule has 5 heteroatoms. The van der Waals surface area contributed by atoms with E-state index >= 15 is 0 Å². The fourth-order valence-corrected chi connectivity index (χ4v) is 2.79. The maximum Gasteiger partial charge on any atom is 0.255 e. The zero-order valence-electron chi connectivity index (χ0n) is 15.7. The molecule has 0 spiro atoms. The van der Waals surface area contributed by atoms with Crippen LogP contribution in [-0.2, 0) is 6.61 Å². The third-order valence-corrected chi connectivity index (χ3v) is 4.39. The summed E-state index contributed by atoms with van der Waals surface area (Å²) in [6, 6.07) is 16.5. The lowest BCUT2D eigenvalue weighted by molar-refractivity contribution is 0.102. The minimum atomic E-state index is -0.212. The first-order valence-electron chi connectivity index (χ1n) is 8.81. The van der Waals surface area contributed by atoms with Crippen LogP contribution in [0.2, 0.25) is 0 Å². The molecule has 0 aliphatic rings. The summed E-state index contributed by atoms with van der Waals surface area (Å²) in [5.41, 5.74) is 3.09. The predicted octanol–water partition coefficient (Wildman–Crippen LogP) is 4.82. The lowest BCUT2D eigenvalue weighted by Gasteiger charge is -2.12. The third-order valence-electron chi connectivity index (χ3n) is 4.39. The molecule has 0 saturated carbocycles. The van der Waals surface area contributed by atoms with E-state index in [1.54, 1.807) is 31.4 Å². The van der Waals surface area contributed by atoms with Gasteiger partial charge in [-0.25, -0.2) is 0 Å². The van der Waals surface area contributed by atoms with Crippen molar-refractivity contribution in [1.82, 2.24) is 0 Å². The number of amides is 1. The highest BCUT2D eigenvalue weighted by Gasteiger charge is 2.13. The van der Waals surface area contributed by atoms with Crippen molar-refractivity contribution in [2.45, 2.75) is 26.4 Å². The Hall–Kier alpha value is -3.05. The van der Waals surface area contributed by atoms with E-state index in [0.717, 1.165) is 5.56 Å². The SMILES string of the molecule is COc1ccc(-c2ccc(CO)o2)cc1NC(=O)c1ccc(C(C)C)cc1. The number of hydrogen-bond donors (Lipinski definition) is 2. The first kappa shape index (κ1) is 18.7. The van der Waals surface area contributed by atoms with Crippen molar-refractivity contribution in [3.63, 3.8) is 0 Å². The Morgan fingerprint density at radius 1 is 1.11 bits per heavy atom. The normalized spacial score (nSPS) is 10.9. The summed E-state index contributed by atoms with van der Waals surface area (Å²) in [5.74, 6) is 1.85. The smallest absolute Gasteiger partial charge is 0.255 e. The molecule has 0 aliphatic carbocycles. The first-order valence-corrected chi connectivity index (χ1v) is 8.81. The third kappa shape index (κ3) is 4.20. The molecule has 27 heavy (non-hydrogen) atoms. The van der Waals surface area contributed by atoms with Crippen LogP contribution < -0.4 is 10.1 Å². The van der Waals surface area contributed by atoms with Gasteiger partial charge in [0.2, 0.25) is 0 Å². The van der Waals surface area contributed by atoms with Crippen LogP contribution in [0.5, 0.6) is 5.75 Å². The molecule has 1 aromatic heterocycles. The molecular weight excluding hydrogens is 342 g/mol. The molecule has 0 fully saturated rings. The summed E-state index contributed by atoms with van der Waals surface area (Å²) in [6.45, 7) is 4.07. The number of aliphatic hydroxyl groups excluding tert-OH is 1. The molecule has 3 aromatic rings. The van der Waals surface area contributed by atoms with Crippen molar-refractivity contribution in [2.75, 3.05) is 12.4 Å². The number of rotatable bonds is 6. The molecular formula is C22H23NO4. The molecule has 0 saturated heterocycles. The number of methoxy groups -OCH3 is 1. The second-order valence-corrected chi connectivity index (χ2v) is 6.57. The summed E-state index contributed by atoms with van der Waals surface area (Å²) < 4.78 is 10.9. The van der Waals surface area contributed by atoms with Crippen LogP contribution in [-0.4, -0.2) is 18.1 Å². The van der Waals surface area contributed by atoms with Gasteiger partial charge in [0.15, 0.2) is 0 Å². The molecule has 1 amide bonds. The van der Waals surface area contributed by atoms with Crippen molar-refractivity contribution in [3.8, 4) is 17.1 Å². The van der Waals surface area contributed by atoms with Gasteiger partial charge in [0.05, 0.1) is 12.8 Å². The van der Waals surface area contributed by atoms with Crippen molar-refractivity contribution in [3.05, 3.63) is 71.5 Å². The summed E-state index contributed by atoms with van der Waals surface area (Å²) in [5, 5.41) is 12.1. The second kappa shape index (κ2) is 8.10. The standard InChI is InChI=1S/C22H23NO4/c1-14(2)15-4-6-16(7-5-15)22(25)23-19-12-17(8-10-21(19)26-3)20-11-9-18(13-24)27-20/h4-12,14,24H,13H2,1-3H3,(H,23,25). The van der Waals surface area contributed by atoms with Crippen LogP contribution in [0.25, 0.3) is 11.3 Å².